The summed E-state index contributed by atoms with van der Waals surface area (Å²) in [5.74, 6) is -1.60. The molecule has 1 aromatic carbocycles. The average Bonchev–Trinajstić information content (AvgIpc) is 2.74. The maximum Gasteiger partial charge on any atom is 0.286 e. The third kappa shape index (κ3) is 3.30. The van der Waals surface area contributed by atoms with Crippen molar-refractivity contribution in [2.24, 2.45) is 7.05 Å². The SMILES string of the molecule is Cn1c(C(=O)NNC(=O)c2cc(Cl)ccc2O)cc(Cl)c1Cl. The van der Waals surface area contributed by atoms with E-state index in [1.165, 1.54) is 28.8 Å². The average molecular weight is 363 g/mol. The molecule has 0 aliphatic heterocycles. The highest BCUT2D eigenvalue weighted by atomic mass is 35.5. The number of carbonyl (C=O) groups is 2. The van der Waals surface area contributed by atoms with E-state index in [4.69, 9.17) is 34.8 Å². The lowest BCUT2D eigenvalue weighted by molar-refractivity contribution is 0.0840. The van der Waals surface area contributed by atoms with Crippen molar-refractivity contribution in [2.45, 2.75) is 0 Å². The van der Waals surface area contributed by atoms with E-state index >= 15 is 0 Å². The zero-order valence-corrected chi connectivity index (χ0v) is 13.4. The largest absolute Gasteiger partial charge is 0.507 e. The molecule has 1 heterocycles. The van der Waals surface area contributed by atoms with E-state index < -0.39 is 11.8 Å². The molecule has 116 valence electrons. The molecule has 2 amide bonds. The molecule has 0 aliphatic rings. The first-order valence-corrected chi connectivity index (χ1v) is 7.04. The number of carbonyl (C=O) groups excluding carboxylic acids is 2. The Balaban J connectivity index is 2.09. The van der Waals surface area contributed by atoms with E-state index in [1.807, 2.05) is 0 Å². The zero-order chi connectivity index (χ0) is 16.4. The standard InChI is InChI=1S/C13H10Cl3N3O3/c1-19-9(5-8(15)11(19)16)13(22)18-17-12(21)7-4-6(14)2-3-10(7)20/h2-5,20H,1H3,(H,17,21)(H,18,22). The Labute approximate surface area is 140 Å². The molecule has 1 aromatic heterocycles. The van der Waals surface area contributed by atoms with Crippen LogP contribution in [-0.4, -0.2) is 21.5 Å². The highest BCUT2D eigenvalue weighted by Crippen LogP contribution is 2.25. The van der Waals surface area contributed by atoms with Crippen molar-refractivity contribution in [2.75, 3.05) is 0 Å². The number of nitrogens with one attached hydrogen (secondary N) is 2. The van der Waals surface area contributed by atoms with Crippen molar-refractivity contribution >= 4 is 46.6 Å². The summed E-state index contributed by atoms with van der Waals surface area (Å²) in [4.78, 5) is 23.9. The van der Waals surface area contributed by atoms with Crippen LogP contribution in [0.1, 0.15) is 20.8 Å². The van der Waals surface area contributed by atoms with Crippen LogP contribution in [0, 0.1) is 0 Å². The minimum absolute atomic E-state index is 0.0734. The number of hydrogen-bond acceptors (Lipinski definition) is 3. The predicted molar refractivity (Wildman–Crippen MR) is 83.5 cm³/mol. The number of aromatic nitrogens is 1. The van der Waals surface area contributed by atoms with Gasteiger partial charge in [0.15, 0.2) is 0 Å². The second kappa shape index (κ2) is 6.48. The molecule has 9 heteroatoms. The first-order chi connectivity index (χ1) is 10.3. The highest BCUT2D eigenvalue weighted by molar-refractivity contribution is 6.42. The first kappa shape index (κ1) is 16.5. The summed E-state index contributed by atoms with van der Waals surface area (Å²) < 4.78 is 1.36. The molecular formula is C13H10Cl3N3O3. The molecule has 2 aromatic rings. The molecule has 0 bridgehead atoms. The van der Waals surface area contributed by atoms with Gasteiger partial charge in [-0.05, 0) is 24.3 Å². The van der Waals surface area contributed by atoms with Gasteiger partial charge >= 0.3 is 0 Å². The van der Waals surface area contributed by atoms with Crippen LogP contribution in [0.3, 0.4) is 0 Å². The van der Waals surface area contributed by atoms with E-state index in [2.05, 4.69) is 10.9 Å². The summed E-state index contributed by atoms with van der Waals surface area (Å²) in [5, 5.41) is 10.3. The molecular weight excluding hydrogens is 353 g/mol. The summed E-state index contributed by atoms with van der Waals surface area (Å²) in [6.45, 7) is 0. The third-order valence-corrected chi connectivity index (χ3v) is 3.92. The number of phenols is 1. The van der Waals surface area contributed by atoms with Crippen LogP contribution < -0.4 is 10.9 Å². The fraction of sp³-hybridized carbons (Fsp3) is 0.0769. The Kier molecular flexibility index (Phi) is 4.85. The minimum atomic E-state index is -0.722. The zero-order valence-electron chi connectivity index (χ0n) is 11.2. The van der Waals surface area contributed by atoms with Crippen LogP contribution in [0.25, 0.3) is 0 Å². The van der Waals surface area contributed by atoms with Crippen LogP contribution in [0.2, 0.25) is 15.2 Å². The van der Waals surface area contributed by atoms with Crippen LogP contribution in [0.4, 0.5) is 0 Å². The molecule has 0 saturated heterocycles. The maximum atomic E-state index is 12.0. The van der Waals surface area contributed by atoms with Gasteiger partial charge in [-0.15, -0.1) is 0 Å². The van der Waals surface area contributed by atoms with Crippen LogP contribution >= 0.6 is 34.8 Å². The number of benzene rings is 1. The fourth-order valence-corrected chi connectivity index (χ4v) is 2.24. The predicted octanol–water partition coefficient (Wildman–Crippen LogP) is 2.77. The van der Waals surface area contributed by atoms with Crippen molar-refractivity contribution in [1.82, 2.24) is 15.4 Å². The highest BCUT2D eigenvalue weighted by Gasteiger charge is 2.17. The van der Waals surface area contributed by atoms with Gasteiger partial charge in [0.1, 0.15) is 16.6 Å². The summed E-state index contributed by atoms with van der Waals surface area (Å²) in [6.07, 6.45) is 0. The number of amides is 2. The Morgan fingerprint density at radius 3 is 2.32 bits per heavy atom. The van der Waals surface area contributed by atoms with Gasteiger partial charge in [-0.25, -0.2) is 0 Å². The van der Waals surface area contributed by atoms with Crippen molar-refractivity contribution in [3.8, 4) is 5.75 Å². The van der Waals surface area contributed by atoms with Crippen LogP contribution in [-0.2, 0) is 7.05 Å². The number of halogens is 3. The van der Waals surface area contributed by atoms with Crippen LogP contribution in [0.15, 0.2) is 24.3 Å². The van der Waals surface area contributed by atoms with E-state index in [1.54, 1.807) is 7.05 Å². The number of phenolic OH excluding ortho intramolecular Hbond substituents is 1. The lowest BCUT2D eigenvalue weighted by Crippen LogP contribution is -2.42. The van der Waals surface area contributed by atoms with Gasteiger partial charge in [0.05, 0.1) is 10.6 Å². The first-order valence-electron chi connectivity index (χ1n) is 5.91. The van der Waals surface area contributed by atoms with E-state index in [0.29, 0.717) is 0 Å². The number of aromatic hydroxyl groups is 1. The Morgan fingerprint density at radius 2 is 1.73 bits per heavy atom. The lowest BCUT2D eigenvalue weighted by atomic mass is 10.2. The normalized spacial score (nSPS) is 10.4. The molecule has 0 atom stereocenters. The number of hydrogen-bond donors (Lipinski definition) is 3. The van der Waals surface area contributed by atoms with Crippen molar-refractivity contribution in [1.29, 1.82) is 0 Å². The van der Waals surface area contributed by atoms with Crippen molar-refractivity contribution in [3.05, 3.63) is 50.7 Å². The number of rotatable bonds is 2. The van der Waals surface area contributed by atoms with Gasteiger partial charge in [0.25, 0.3) is 11.8 Å². The molecule has 0 saturated carbocycles. The Hall–Kier alpha value is -1.89. The molecule has 0 radical (unpaired) electrons. The van der Waals surface area contributed by atoms with Gasteiger partial charge < -0.3 is 9.67 Å². The second-order valence-corrected chi connectivity index (χ2v) is 5.50. The minimum Gasteiger partial charge on any atom is -0.507 e. The van der Waals surface area contributed by atoms with Gasteiger partial charge in [-0.1, -0.05) is 34.8 Å². The number of hydrazine groups is 1. The molecule has 2 rings (SSSR count). The topological polar surface area (TPSA) is 83.4 Å². The molecule has 0 unspecified atom stereocenters. The van der Waals surface area contributed by atoms with Gasteiger partial charge in [-0.3, -0.25) is 20.4 Å². The summed E-state index contributed by atoms with van der Waals surface area (Å²) in [6, 6.07) is 5.34. The van der Waals surface area contributed by atoms with E-state index in [-0.39, 0.29) is 32.2 Å². The van der Waals surface area contributed by atoms with Crippen molar-refractivity contribution < 1.29 is 14.7 Å². The van der Waals surface area contributed by atoms with Crippen molar-refractivity contribution in [3.63, 3.8) is 0 Å². The molecule has 0 aliphatic carbocycles. The molecule has 3 N–H and O–H groups in total. The smallest absolute Gasteiger partial charge is 0.286 e. The quantitative estimate of drug-likeness (QED) is 0.718. The molecule has 0 fully saturated rings. The van der Waals surface area contributed by atoms with Gasteiger partial charge in [0.2, 0.25) is 0 Å². The number of nitrogens with zero attached hydrogens (tertiary/aromatic N) is 1. The monoisotopic (exact) mass is 361 g/mol. The van der Waals surface area contributed by atoms with E-state index in [0.717, 1.165) is 0 Å². The molecule has 22 heavy (non-hydrogen) atoms. The summed E-state index contributed by atoms with van der Waals surface area (Å²) in [7, 11) is 1.55. The summed E-state index contributed by atoms with van der Waals surface area (Å²) in [5.41, 5.74) is 4.44. The lowest BCUT2D eigenvalue weighted by Gasteiger charge is -2.09. The second-order valence-electron chi connectivity index (χ2n) is 4.30. The fourth-order valence-electron chi connectivity index (χ4n) is 1.70. The van der Waals surface area contributed by atoms with E-state index in [9.17, 15) is 14.7 Å². The molecule has 0 spiro atoms. The van der Waals surface area contributed by atoms with Gasteiger partial charge in [-0.2, -0.15) is 0 Å². The maximum absolute atomic E-state index is 12.0. The summed E-state index contributed by atoms with van der Waals surface area (Å²) >= 11 is 17.4. The molecule has 6 nitrogen and oxygen atoms in total. The third-order valence-electron chi connectivity index (χ3n) is 2.84. The van der Waals surface area contributed by atoms with Crippen LogP contribution in [0.5, 0.6) is 5.75 Å². The Bertz CT molecular complexity index is 758. The van der Waals surface area contributed by atoms with Gasteiger partial charge in [0, 0.05) is 12.1 Å². The Morgan fingerprint density at radius 1 is 1.09 bits per heavy atom.